The molecule has 47 heavy (non-hydrogen) atoms. The highest BCUT2D eigenvalue weighted by molar-refractivity contribution is 7.22. The standard InChI is InChI=1S/C32H24F4N8O2S/c33-24-14-18(44-30-25(41-42-44)4-2-11-39-30)6-8-21(24)31(46)43(19-3-1-10-38-16-19)29-22-15-27(47-26(22)9-12-40-29)17-5-7-20(28(37)45)23(13-17)32(34,35)36/h2,4-9,11-15,19,38H,1,3,10,16H2,(H2,37,45)/t19-/m1/s1. The van der Waals surface area contributed by atoms with Crippen molar-refractivity contribution in [2.75, 3.05) is 18.0 Å². The fraction of sp³-hybridized carbons (Fsp3) is 0.188. The highest BCUT2D eigenvalue weighted by Gasteiger charge is 2.36. The van der Waals surface area contributed by atoms with Gasteiger partial charge in [0.2, 0.25) is 5.91 Å². The predicted octanol–water partition coefficient (Wildman–Crippen LogP) is 5.75. The lowest BCUT2D eigenvalue weighted by atomic mass is 10.0. The molecule has 15 heteroatoms. The first-order valence-corrected chi connectivity index (χ1v) is 15.3. The van der Waals surface area contributed by atoms with Crippen LogP contribution in [0.15, 0.2) is 73.1 Å². The number of alkyl halides is 3. The molecule has 0 bridgehead atoms. The van der Waals surface area contributed by atoms with E-state index >= 15 is 4.39 Å². The van der Waals surface area contributed by atoms with Gasteiger partial charge in [0.25, 0.3) is 5.91 Å². The van der Waals surface area contributed by atoms with Crippen LogP contribution in [0.5, 0.6) is 0 Å². The van der Waals surface area contributed by atoms with Gasteiger partial charge in [-0.3, -0.25) is 14.5 Å². The van der Waals surface area contributed by atoms with Crippen molar-refractivity contribution in [3.8, 4) is 16.1 Å². The minimum atomic E-state index is -4.81. The maximum atomic E-state index is 15.8. The van der Waals surface area contributed by atoms with E-state index in [1.807, 2.05) is 0 Å². The third kappa shape index (κ3) is 5.57. The minimum absolute atomic E-state index is 0.192. The molecule has 1 aliphatic rings. The second kappa shape index (κ2) is 11.8. The normalized spacial score (nSPS) is 15.3. The van der Waals surface area contributed by atoms with E-state index in [9.17, 15) is 22.8 Å². The van der Waals surface area contributed by atoms with Crippen molar-refractivity contribution < 1.29 is 27.2 Å². The molecule has 4 aromatic heterocycles. The van der Waals surface area contributed by atoms with Crippen molar-refractivity contribution in [3.63, 3.8) is 0 Å². The number of hydrogen-bond donors (Lipinski definition) is 2. The molecule has 0 unspecified atom stereocenters. The quantitative estimate of drug-likeness (QED) is 0.218. The van der Waals surface area contributed by atoms with Crippen LogP contribution in [0, 0.1) is 5.82 Å². The molecular weight excluding hydrogens is 636 g/mol. The molecule has 2 aromatic carbocycles. The topological polar surface area (TPSA) is 132 Å². The number of pyridine rings is 2. The SMILES string of the molecule is NC(=O)c1ccc(-c2cc3c(N(C(=O)c4ccc(-n5nnc6cccnc65)cc4F)[C@@H]4CCCNC4)nccc3s2)cc1C(F)(F)F. The summed E-state index contributed by atoms with van der Waals surface area (Å²) >= 11 is 1.20. The van der Waals surface area contributed by atoms with Gasteiger partial charge in [-0.15, -0.1) is 16.4 Å². The number of anilines is 1. The van der Waals surface area contributed by atoms with Crippen LogP contribution in [-0.2, 0) is 6.18 Å². The van der Waals surface area contributed by atoms with Crippen molar-refractivity contribution in [3.05, 3.63) is 95.6 Å². The van der Waals surface area contributed by atoms with Crippen LogP contribution in [0.4, 0.5) is 23.4 Å². The lowest BCUT2D eigenvalue weighted by molar-refractivity contribution is -0.137. The van der Waals surface area contributed by atoms with Gasteiger partial charge in [0.1, 0.15) is 17.2 Å². The van der Waals surface area contributed by atoms with E-state index in [4.69, 9.17) is 5.73 Å². The van der Waals surface area contributed by atoms with Crippen molar-refractivity contribution >= 4 is 50.2 Å². The first-order chi connectivity index (χ1) is 22.6. The fourth-order valence-corrected chi connectivity index (χ4v) is 6.84. The Balaban J connectivity index is 1.30. The molecule has 238 valence electrons. The van der Waals surface area contributed by atoms with Crippen LogP contribution >= 0.6 is 11.3 Å². The summed E-state index contributed by atoms with van der Waals surface area (Å²) in [5.74, 6) is -2.34. The molecule has 3 N–H and O–H groups in total. The first kappa shape index (κ1) is 30.4. The van der Waals surface area contributed by atoms with Crippen LogP contribution < -0.4 is 16.0 Å². The van der Waals surface area contributed by atoms with E-state index in [-0.39, 0.29) is 23.0 Å². The van der Waals surface area contributed by atoms with Crippen LogP contribution in [0.3, 0.4) is 0 Å². The van der Waals surface area contributed by atoms with Gasteiger partial charge in [-0.25, -0.2) is 14.4 Å². The Hall–Kier alpha value is -5.28. The number of aromatic nitrogens is 5. The monoisotopic (exact) mass is 660 g/mol. The molecular formula is C32H24F4N8O2S. The van der Waals surface area contributed by atoms with Gasteiger partial charge in [0, 0.05) is 40.0 Å². The van der Waals surface area contributed by atoms with Gasteiger partial charge in [-0.2, -0.15) is 17.9 Å². The van der Waals surface area contributed by atoms with Gasteiger partial charge in [-0.05, 0) is 73.5 Å². The Bertz CT molecular complexity index is 2170. The van der Waals surface area contributed by atoms with Gasteiger partial charge in [0.15, 0.2) is 5.65 Å². The minimum Gasteiger partial charge on any atom is -0.366 e. The molecule has 1 fully saturated rings. The van der Waals surface area contributed by atoms with Crippen LogP contribution in [0.25, 0.3) is 37.4 Å². The Labute approximate surface area is 267 Å². The number of rotatable bonds is 6. The van der Waals surface area contributed by atoms with E-state index in [1.54, 1.807) is 36.5 Å². The molecule has 6 aromatic rings. The van der Waals surface area contributed by atoms with Gasteiger partial charge < -0.3 is 11.1 Å². The third-order valence-electron chi connectivity index (χ3n) is 8.02. The summed E-state index contributed by atoms with van der Waals surface area (Å²) in [5.41, 5.74) is 4.73. The number of benzene rings is 2. The second-order valence-corrected chi connectivity index (χ2v) is 12.1. The average molecular weight is 661 g/mol. The van der Waals surface area contributed by atoms with Crippen molar-refractivity contribution in [2.24, 2.45) is 5.73 Å². The summed E-state index contributed by atoms with van der Waals surface area (Å²) < 4.78 is 59.3. The zero-order valence-electron chi connectivity index (χ0n) is 24.3. The Kier molecular flexibility index (Phi) is 7.64. The number of nitrogens with two attached hydrogens (primary N) is 1. The number of nitrogens with one attached hydrogen (secondary N) is 1. The number of nitrogens with zero attached hydrogens (tertiary/aromatic N) is 6. The van der Waals surface area contributed by atoms with Gasteiger partial charge in [-0.1, -0.05) is 11.3 Å². The van der Waals surface area contributed by atoms with Gasteiger partial charge in [0.05, 0.1) is 28.4 Å². The van der Waals surface area contributed by atoms with E-state index in [1.165, 1.54) is 45.3 Å². The molecule has 1 aliphatic heterocycles. The van der Waals surface area contributed by atoms with E-state index in [2.05, 4.69) is 25.6 Å². The number of hydrogen-bond acceptors (Lipinski definition) is 8. The first-order valence-electron chi connectivity index (χ1n) is 14.5. The van der Waals surface area contributed by atoms with Crippen molar-refractivity contribution in [1.29, 1.82) is 0 Å². The summed E-state index contributed by atoms with van der Waals surface area (Å²) in [7, 11) is 0. The molecule has 0 saturated carbocycles. The predicted molar refractivity (Wildman–Crippen MR) is 168 cm³/mol. The van der Waals surface area contributed by atoms with Crippen LogP contribution in [-0.4, -0.2) is 55.9 Å². The summed E-state index contributed by atoms with van der Waals surface area (Å²) in [6.07, 6.45) is -0.346. The highest BCUT2D eigenvalue weighted by atomic mass is 32.1. The van der Waals surface area contributed by atoms with E-state index in [0.717, 1.165) is 25.1 Å². The number of amides is 2. The zero-order chi connectivity index (χ0) is 32.9. The number of thiophene rings is 1. The molecule has 2 amide bonds. The van der Waals surface area contributed by atoms with Crippen molar-refractivity contribution in [1.82, 2.24) is 30.3 Å². The number of primary amides is 1. The number of piperidine rings is 1. The van der Waals surface area contributed by atoms with Crippen LogP contribution in [0.2, 0.25) is 0 Å². The maximum Gasteiger partial charge on any atom is 0.417 e. The van der Waals surface area contributed by atoms with Crippen molar-refractivity contribution in [2.45, 2.75) is 25.1 Å². The lowest BCUT2D eigenvalue weighted by Crippen LogP contribution is -2.49. The largest absolute Gasteiger partial charge is 0.417 e. The molecule has 0 aliphatic carbocycles. The number of carbonyl (C=O) groups excluding carboxylic acids is 2. The Morgan fingerprint density at radius 1 is 1.02 bits per heavy atom. The smallest absolute Gasteiger partial charge is 0.366 e. The Morgan fingerprint density at radius 2 is 1.85 bits per heavy atom. The maximum absolute atomic E-state index is 15.8. The zero-order valence-corrected chi connectivity index (χ0v) is 25.1. The molecule has 1 saturated heterocycles. The van der Waals surface area contributed by atoms with E-state index in [0.29, 0.717) is 44.8 Å². The molecule has 0 spiro atoms. The fourth-order valence-electron chi connectivity index (χ4n) is 5.80. The lowest BCUT2D eigenvalue weighted by Gasteiger charge is -2.34. The highest BCUT2D eigenvalue weighted by Crippen LogP contribution is 2.41. The molecule has 0 radical (unpaired) electrons. The molecule has 5 heterocycles. The second-order valence-electron chi connectivity index (χ2n) is 11.0. The Morgan fingerprint density at radius 3 is 2.60 bits per heavy atom. The molecule has 1 atom stereocenters. The van der Waals surface area contributed by atoms with Gasteiger partial charge >= 0.3 is 6.18 Å². The van der Waals surface area contributed by atoms with E-state index < -0.39 is 34.9 Å². The number of carbonyl (C=O) groups is 2. The third-order valence-corrected chi connectivity index (χ3v) is 9.17. The summed E-state index contributed by atoms with van der Waals surface area (Å²) in [5, 5.41) is 11.9. The molecule has 10 nitrogen and oxygen atoms in total. The average Bonchev–Trinajstić information content (AvgIpc) is 3.70. The number of fused-ring (bicyclic) bond motifs is 2. The van der Waals surface area contributed by atoms with Crippen LogP contribution in [0.1, 0.15) is 39.1 Å². The summed E-state index contributed by atoms with van der Waals surface area (Å²) in [6.45, 7) is 1.19. The number of halogens is 4. The summed E-state index contributed by atoms with van der Waals surface area (Å²) in [4.78, 5) is 36.7. The summed E-state index contributed by atoms with van der Waals surface area (Å²) in [6, 6.07) is 13.9. The molecule has 7 rings (SSSR count).